The number of aryl methyl sites for hydroxylation is 1. The van der Waals surface area contributed by atoms with E-state index in [1.54, 1.807) is 49.8 Å². The van der Waals surface area contributed by atoms with Crippen LogP contribution in [0.4, 0.5) is 5.69 Å². The lowest BCUT2D eigenvalue weighted by molar-refractivity contribution is 0.0526. The first kappa shape index (κ1) is 18.4. The average Bonchev–Trinajstić information content (AvgIpc) is 3.17. The first-order chi connectivity index (χ1) is 13.1. The van der Waals surface area contributed by atoms with Crippen LogP contribution >= 0.6 is 0 Å². The highest BCUT2D eigenvalue weighted by atomic mass is 16.5. The van der Waals surface area contributed by atoms with Gasteiger partial charge in [-0.2, -0.15) is 0 Å². The third kappa shape index (κ3) is 4.61. The molecule has 1 heterocycles. The fourth-order valence-electron chi connectivity index (χ4n) is 2.65. The van der Waals surface area contributed by atoms with Crippen molar-refractivity contribution in [1.82, 2.24) is 9.55 Å². The molecule has 0 saturated heterocycles. The third-order valence-electron chi connectivity index (χ3n) is 4.14. The number of anilines is 1. The Kier molecular flexibility index (Phi) is 5.66. The van der Waals surface area contributed by atoms with E-state index in [9.17, 15) is 9.59 Å². The highest BCUT2D eigenvalue weighted by Crippen LogP contribution is 2.19. The molecule has 0 atom stereocenters. The van der Waals surface area contributed by atoms with Gasteiger partial charge in [0.2, 0.25) is 0 Å². The summed E-state index contributed by atoms with van der Waals surface area (Å²) < 4.78 is 6.97. The molecule has 27 heavy (non-hydrogen) atoms. The van der Waals surface area contributed by atoms with E-state index in [1.807, 2.05) is 29.8 Å². The van der Waals surface area contributed by atoms with Crippen LogP contribution in [-0.4, -0.2) is 28.0 Å². The molecule has 6 nitrogen and oxygen atoms in total. The van der Waals surface area contributed by atoms with Crippen LogP contribution in [0.1, 0.15) is 38.8 Å². The molecular weight excluding hydrogens is 342 g/mol. The summed E-state index contributed by atoms with van der Waals surface area (Å²) >= 11 is 0. The van der Waals surface area contributed by atoms with E-state index in [0.29, 0.717) is 30.0 Å². The number of hydrogen-bond acceptors (Lipinski definition) is 4. The third-order valence-corrected chi connectivity index (χ3v) is 4.14. The number of benzene rings is 2. The second kappa shape index (κ2) is 8.31. The SMILES string of the molecule is CCOC(=O)c1ccc(C)c(NC(=O)c2ccc(Cn3ccnc3)cc2)c1. The molecule has 1 amide bonds. The summed E-state index contributed by atoms with van der Waals surface area (Å²) in [6, 6.07) is 12.5. The smallest absolute Gasteiger partial charge is 0.338 e. The zero-order valence-corrected chi connectivity index (χ0v) is 15.3. The summed E-state index contributed by atoms with van der Waals surface area (Å²) in [5.41, 5.74) is 3.49. The fraction of sp³-hybridized carbons (Fsp3) is 0.190. The molecule has 2 aromatic carbocycles. The second-order valence-corrected chi connectivity index (χ2v) is 6.14. The molecule has 0 fully saturated rings. The lowest BCUT2D eigenvalue weighted by atomic mass is 10.1. The van der Waals surface area contributed by atoms with Crippen LogP contribution in [0.25, 0.3) is 0 Å². The van der Waals surface area contributed by atoms with Crippen molar-refractivity contribution in [2.45, 2.75) is 20.4 Å². The van der Waals surface area contributed by atoms with E-state index in [1.165, 1.54) is 0 Å². The maximum absolute atomic E-state index is 12.6. The number of nitrogens with zero attached hydrogens (tertiary/aromatic N) is 2. The average molecular weight is 363 g/mol. The standard InChI is InChI=1S/C21H21N3O3/c1-3-27-21(26)18-7-4-15(2)19(12-18)23-20(25)17-8-5-16(6-9-17)13-24-11-10-22-14-24/h4-12,14H,3,13H2,1-2H3,(H,23,25). The van der Waals surface area contributed by atoms with Crippen molar-refractivity contribution in [3.05, 3.63) is 83.4 Å². The Balaban J connectivity index is 1.71. The van der Waals surface area contributed by atoms with Crippen molar-refractivity contribution in [3.63, 3.8) is 0 Å². The predicted octanol–water partition coefficient (Wildman–Crippen LogP) is 3.67. The molecule has 0 bridgehead atoms. The van der Waals surface area contributed by atoms with Crippen molar-refractivity contribution in [2.24, 2.45) is 0 Å². The van der Waals surface area contributed by atoms with Crippen molar-refractivity contribution in [1.29, 1.82) is 0 Å². The van der Waals surface area contributed by atoms with E-state index >= 15 is 0 Å². The lowest BCUT2D eigenvalue weighted by Gasteiger charge is -2.11. The van der Waals surface area contributed by atoms with Gasteiger partial charge in [-0.15, -0.1) is 0 Å². The fourth-order valence-corrected chi connectivity index (χ4v) is 2.65. The van der Waals surface area contributed by atoms with Gasteiger partial charge in [0, 0.05) is 30.2 Å². The maximum atomic E-state index is 12.6. The Bertz CT molecular complexity index is 932. The highest BCUT2D eigenvalue weighted by molar-refractivity contribution is 6.05. The Morgan fingerprint density at radius 2 is 1.85 bits per heavy atom. The van der Waals surface area contributed by atoms with Gasteiger partial charge < -0.3 is 14.6 Å². The molecule has 1 N–H and O–H groups in total. The summed E-state index contributed by atoms with van der Waals surface area (Å²) in [5.74, 6) is -0.634. The molecule has 138 valence electrons. The number of hydrogen-bond donors (Lipinski definition) is 1. The van der Waals surface area contributed by atoms with Gasteiger partial charge in [-0.3, -0.25) is 4.79 Å². The second-order valence-electron chi connectivity index (χ2n) is 6.14. The van der Waals surface area contributed by atoms with Crippen molar-refractivity contribution >= 4 is 17.6 Å². The summed E-state index contributed by atoms with van der Waals surface area (Å²) in [5, 5.41) is 2.87. The van der Waals surface area contributed by atoms with E-state index in [4.69, 9.17) is 4.74 Å². The molecule has 3 rings (SSSR count). The summed E-state index contributed by atoms with van der Waals surface area (Å²) in [6.07, 6.45) is 5.37. The van der Waals surface area contributed by atoms with Gasteiger partial charge in [0.25, 0.3) is 5.91 Å². The summed E-state index contributed by atoms with van der Waals surface area (Å²) in [7, 11) is 0. The molecule has 1 aromatic heterocycles. The number of ether oxygens (including phenoxy) is 1. The highest BCUT2D eigenvalue weighted by Gasteiger charge is 2.12. The molecule has 0 radical (unpaired) electrons. The van der Waals surface area contributed by atoms with Gasteiger partial charge in [0.15, 0.2) is 0 Å². The van der Waals surface area contributed by atoms with Crippen molar-refractivity contribution < 1.29 is 14.3 Å². The number of rotatable bonds is 6. The Hall–Kier alpha value is -3.41. The molecule has 0 saturated carbocycles. The number of carbonyl (C=O) groups is 2. The monoisotopic (exact) mass is 363 g/mol. The quantitative estimate of drug-likeness (QED) is 0.678. The maximum Gasteiger partial charge on any atom is 0.338 e. The normalized spacial score (nSPS) is 10.4. The summed E-state index contributed by atoms with van der Waals surface area (Å²) in [6.45, 7) is 4.63. The first-order valence-corrected chi connectivity index (χ1v) is 8.70. The molecule has 3 aromatic rings. The zero-order chi connectivity index (χ0) is 19.2. The van der Waals surface area contributed by atoms with Gasteiger partial charge in [-0.05, 0) is 49.2 Å². The zero-order valence-electron chi connectivity index (χ0n) is 15.3. The topological polar surface area (TPSA) is 73.2 Å². The van der Waals surface area contributed by atoms with Gasteiger partial charge in [-0.25, -0.2) is 9.78 Å². The van der Waals surface area contributed by atoms with Crippen LogP contribution in [0.5, 0.6) is 0 Å². The van der Waals surface area contributed by atoms with Crippen molar-refractivity contribution in [2.75, 3.05) is 11.9 Å². The van der Waals surface area contributed by atoms with Gasteiger partial charge in [-0.1, -0.05) is 18.2 Å². The number of amides is 1. The molecular formula is C21H21N3O3. The van der Waals surface area contributed by atoms with E-state index in [2.05, 4.69) is 10.3 Å². The largest absolute Gasteiger partial charge is 0.462 e. The van der Waals surface area contributed by atoms with Crippen LogP contribution in [0.2, 0.25) is 0 Å². The van der Waals surface area contributed by atoms with E-state index in [0.717, 1.165) is 11.1 Å². The minimum Gasteiger partial charge on any atom is -0.462 e. The number of imidazole rings is 1. The number of carbonyl (C=O) groups excluding carboxylic acids is 2. The van der Waals surface area contributed by atoms with Crippen LogP contribution in [0.3, 0.4) is 0 Å². The number of aromatic nitrogens is 2. The summed E-state index contributed by atoms with van der Waals surface area (Å²) in [4.78, 5) is 28.5. The first-order valence-electron chi connectivity index (χ1n) is 8.70. The number of nitrogens with one attached hydrogen (secondary N) is 1. The van der Waals surface area contributed by atoms with Crippen LogP contribution in [-0.2, 0) is 11.3 Å². The minimum atomic E-state index is -0.406. The van der Waals surface area contributed by atoms with Crippen LogP contribution in [0.15, 0.2) is 61.2 Å². The van der Waals surface area contributed by atoms with Gasteiger partial charge in [0.05, 0.1) is 18.5 Å². The molecule has 6 heteroatoms. The predicted molar refractivity (Wildman–Crippen MR) is 103 cm³/mol. The van der Waals surface area contributed by atoms with E-state index < -0.39 is 5.97 Å². The Labute approximate surface area is 157 Å². The van der Waals surface area contributed by atoms with Crippen LogP contribution < -0.4 is 5.32 Å². The minimum absolute atomic E-state index is 0.228. The van der Waals surface area contributed by atoms with Gasteiger partial charge in [0.1, 0.15) is 0 Å². The Morgan fingerprint density at radius 3 is 2.52 bits per heavy atom. The molecule has 0 aliphatic rings. The van der Waals surface area contributed by atoms with E-state index in [-0.39, 0.29) is 5.91 Å². The molecule has 0 spiro atoms. The van der Waals surface area contributed by atoms with Crippen molar-refractivity contribution in [3.8, 4) is 0 Å². The number of esters is 1. The molecule has 0 unspecified atom stereocenters. The Morgan fingerprint density at radius 1 is 1.11 bits per heavy atom. The molecule has 0 aliphatic carbocycles. The molecule has 0 aliphatic heterocycles. The van der Waals surface area contributed by atoms with Gasteiger partial charge >= 0.3 is 5.97 Å². The lowest BCUT2D eigenvalue weighted by Crippen LogP contribution is -2.14. The van der Waals surface area contributed by atoms with Crippen LogP contribution in [0, 0.1) is 6.92 Å².